The Bertz CT molecular complexity index is 705. The van der Waals surface area contributed by atoms with Gasteiger partial charge in [0.25, 0.3) is 5.91 Å². The molecule has 0 spiro atoms. The number of carbonyl (C=O) groups excluding carboxylic acids is 1. The van der Waals surface area contributed by atoms with Crippen molar-refractivity contribution in [2.24, 2.45) is 0 Å². The predicted octanol–water partition coefficient (Wildman–Crippen LogP) is 1.49. The second-order valence-electron chi connectivity index (χ2n) is 4.19. The zero-order chi connectivity index (χ0) is 15.1. The lowest BCUT2D eigenvalue weighted by Crippen LogP contribution is -2.23. The SMILES string of the molecule is O=C(NCc1ccccc1C#CCO)c1cncc(F)c1. The Labute approximate surface area is 121 Å². The van der Waals surface area contributed by atoms with Crippen molar-refractivity contribution in [3.05, 3.63) is 65.2 Å². The van der Waals surface area contributed by atoms with Crippen LogP contribution in [0.4, 0.5) is 4.39 Å². The van der Waals surface area contributed by atoms with E-state index >= 15 is 0 Å². The highest BCUT2D eigenvalue weighted by molar-refractivity contribution is 5.93. The molecule has 0 saturated carbocycles. The lowest BCUT2D eigenvalue weighted by Gasteiger charge is -2.07. The number of aliphatic hydroxyl groups is 1. The van der Waals surface area contributed by atoms with Crippen LogP contribution < -0.4 is 5.32 Å². The van der Waals surface area contributed by atoms with Crippen molar-refractivity contribution < 1.29 is 14.3 Å². The molecule has 1 aromatic heterocycles. The third kappa shape index (κ3) is 4.13. The fourth-order valence-corrected chi connectivity index (χ4v) is 1.74. The van der Waals surface area contributed by atoms with Crippen LogP contribution in [0.25, 0.3) is 0 Å². The van der Waals surface area contributed by atoms with Crippen LogP contribution in [0.5, 0.6) is 0 Å². The molecule has 1 heterocycles. The zero-order valence-corrected chi connectivity index (χ0v) is 11.1. The molecule has 2 rings (SSSR count). The minimum atomic E-state index is -0.558. The highest BCUT2D eigenvalue weighted by atomic mass is 19.1. The molecule has 5 heteroatoms. The molecule has 0 saturated heterocycles. The van der Waals surface area contributed by atoms with Gasteiger partial charge in [0.05, 0.1) is 11.8 Å². The van der Waals surface area contributed by atoms with Gasteiger partial charge in [-0.1, -0.05) is 30.0 Å². The third-order valence-electron chi connectivity index (χ3n) is 2.73. The Kier molecular flexibility index (Phi) is 5.02. The van der Waals surface area contributed by atoms with Gasteiger partial charge in [0.1, 0.15) is 12.4 Å². The fourth-order valence-electron chi connectivity index (χ4n) is 1.74. The van der Waals surface area contributed by atoms with E-state index in [1.807, 2.05) is 18.2 Å². The number of nitrogens with one attached hydrogen (secondary N) is 1. The normalized spacial score (nSPS) is 9.62. The molecule has 4 nitrogen and oxygen atoms in total. The van der Waals surface area contributed by atoms with E-state index in [1.165, 1.54) is 6.20 Å². The van der Waals surface area contributed by atoms with E-state index in [2.05, 4.69) is 22.1 Å². The van der Waals surface area contributed by atoms with Crippen LogP contribution in [0.15, 0.2) is 42.7 Å². The van der Waals surface area contributed by atoms with Crippen LogP contribution >= 0.6 is 0 Å². The number of nitrogens with zero attached hydrogens (tertiary/aromatic N) is 1. The maximum Gasteiger partial charge on any atom is 0.253 e. The van der Waals surface area contributed by atoms with Crippen LogP contribution in [0, 0.1) is 17.7 Å². The maximum absolute atomic E-state index is 13.0. The van der Waals surface area contributed by atoms with E-state index in [1.54, 1.807) is 6.07 Å². The number of benzene rings is 1. The molecule has 0 aliphatic carbocycles. The largest absolute Gasteiger partial charge is 0.384 e. The minimum Gasteiger partial charge on any atom is -0.384 e. The summed E-state index contributed by atoms with van der Waals surface area (Å²) >= 11 is 0. The second-order valence-corrected chi connectivity index (χ2v) is 4.19. The van der Waals surface area contributed by atoms with E-state index in [-0.39, 0.29) is 18.7 Å². The number of aromatic nitrogens is 1. The summed E-state index contributed by atoms with van der Waals surface area (Å²) < 4.78 is 13.0. The quantitative estimate of drug-likeness (QED) is 0.840. The van der Waals surface area contributed by atoms with E-state index in [4.69, 9.17) is 5.11 Å². The van der Waals surface area contributed by atoms with Gasteiger partial charge in [-0.2, -0.15) is 0 Å². The monoisotopic (exact) mass is 284 g/mol. The number of hydrogen-bond acceptors (Lipinski definition) is 3. The summed E-state index contributed by atoms with van der Waals surface area (Å²) in [5.41, 5.74) is 1.70. The van der Waals surface area contributed by atoms with E-state index in [0.717, 1.165) is 23.4 Å². The van der Waals surface area contributed by atoms with Gasteiger partial charge in [-0.3, -0.25) is 9.78 Å². The van der Waals surface area contributed by atoms with Gasteiger partial charge in [-0.15, -0.1) is 0 Å². The van der Waals surface area contributed by atoms with Crippen LogP contribution in [-0.2, 0) is 6.54 Å². The first kappa shape index (κ1) is 14.7. The Balaban J connectivity index is 2.08. The van der Waals surface area contributed by atoms with Crippen LogP contribution in [0.1, 0.15) is 21.5 Å². The van der Waals surface area contributed by atoms with Crippen LogP contribution in [0.3, 0.4) is 0 Å². The first-order chi connectivity index (χ1) is 10.2. The lowest BCUT2D eigenvalue weighted by atomic mass is 10.1. The summed E-state index contributed by atoms with van der Waals surface area (Å²) in [5, 5.41) is 11.4. The van der Waals surface area contributed by atoms with Gasteiger partial charge < -0.3 is 10.4 Å². The molecule has 0 aliphatic heterocycles. The number of halogens is 1. The number of aliphatic hydroxyl groups excluding tert-OH is 1. The first-order valence-electron chi connectivity index (χ1n) is 6.27. The number of pyridine rings is 1. The molecule has 1 amide bonds. The number of hydrogen-bond donors (Lipinski definition) is 2. The molecule has 2 N–H and O–H groups in total. The van der Waals surface area contributed by atoms with Gasteiger partial charge in [0.15, 0.2) is 0 Å². The summed E-state index contributed by atoms with van der Waals surface area (Å²) in [4.78, 5) is 15.5. The van der Waals surface area contributed by atoms with Gasteiger partial charge >= 0.3 is 0 Å². The maximum atomic E-state index is 13.0. The van der Waals surface area contributed by atoms with Crippen molar-refractivity contribution in [1.29, 1.82) is 0 Å². The van der Waals surface area contributed by atoms with Gasteiger partial charge in [0, 0.05) is 18.3 Å². The summed E-state index contributed by atoms with van der Waals surface area (Å²) in [6.07, 6.45) is 2.34. The molecular weight excluding hydrogens is 271 g/mol. The number of carbonyl (C=O) groups is 1. The zero-order valence-electron chi connectivity index (χ0n) is 11.1. The van der Waals surface area contributed by atoms with E-state index < -0.39 is 11.7 Å². The Morgan fingerprint density at radius 3 is 2.90 bits per heavy atom. The smallest absolute Gasteiger partial charge is 0.253 e. The molecule has 2 aromatic rings. The Hall–Kier alpha value is -2.71. The van der Waals surface area contributed by atoms with Crippen molar-refractivity contribution in [3.63, 3.8) is 0 Å². The highest BCUT2D eigenvalue weighted by Crippen LogP contribution is 2.08. The van der Waals surface area contributed by atoms with Crippen molar-refractivity contribution >= 4 is 5.91 Å². The summed E-state index contributed by atoms with van der Waals surface area (Å²) in [7, 11) is 0. The molecule has 21 heavy (non-hydrogen) atoms. The number of amides is 1. The van der Waals surface area contributed by atoms with E-state index in [0.29, 0.717) is 0 Å². The van der Waals surface area contributed by atoms with Gasteiger partial charge in [-0.25, -0.2) is 4.39 Å². The van der Waals surface area contributed by atoms with Gasteiger partial charge in [-0.05, 0) is 17.7 Å². The molecule has 0 unspecified atom stereocenters. The number of rotatable bonds is 3. The van der Waals surface area contributed by atoms with Gasteiger partial charge in [0.2, 0.25) is 0 Å². The van der Waals surface area contributed by atoms with E-state index in [9.17, 15) is 9.18 Å². The fraction of sp³-hybridized carbons (Fsp3) is 0.125. The molecule has 0 bridgehead atoms. The van der Waals surface area contributed by atoms with Crippen LogP contribution in [-0.4, -0.2) is 22.6 Å². The standard InChI is InChI=1S/C16H13FN2O2/c17-15-8-14(9-18-11-15)16(21)19-10-13-5-2-1-4-12(13)6-3-7-20/h1-2,4-5,8-9,11,20H,7,10H2,(H,19,21). The summed E-state index contributed by atoms with van der Waals surface area (Å²) in [6, 6.07) is 8.40. The Morgan fingerprint density at radius 1 is 1.33 bits per heavy atom. The molecule has 0 radical (unpaired) electrons. The summed E-state index contributed by atoms with van der Waals surface area (Å²) in [6.45, 7) is 0.0291. The molecule has 0 atom stereocenters. The highest BCUT2D eigenvalue weighted by Gasteiger charge is 2.07. The van der Waals surface area contributed by atoms with Crippen molar-refractivity contribution in [1.82, 2.24) is 10.3 Å². The van der Waals surface area contributed by atoms with Crippen molar-refractivity contribution in [3.8, 4) is 11.8 Å². The Morgan fingerprint density at radius 2 is 2.14 bits per heavy atom. The average Bonchev–Trinajstić information content (AvgIpc) is 2.51. The predicted molar refractivity (Wildman–Crippen MR) is 75.8 cm³/mol. The minimum absolute atomic E-state index is 0.161. The molecular formula is C16H13FN2O2. The summed E-state index contributed by atoms with van der Waals surface area (Å²) in [5.74, 6) is 4.41. The molecule has 0 aliphatic rings. The topological polar surface area (TPSA) is 62.2 Å². The molecule has 106 valence electrons. The van der Waals surface area contributed by atoms with Crippen molar-refractivity contribution in [2.45, 2.75) is 6.54 Å². The lowest BCUT2D eigenvalue weighted by molar-refractivity contribution is 0.0950. The van der Waals surface area contributed by atoms with Crippen molar-refractivity contribution in [2.75, 3.05) is 6.61 Å². The third-order valence-corrected chi connectivity index (χ3v) is 2.73. The van der Waals surface area contributed by atoms with Crippen LogP contribution in [0.2, 0.25) is 0 Å². The second kappa shape index (κ2) is 7.17. The average molecular weight is 284 g/mol. The first-order valence-corrected chi connectivity index (χ1v) is 6.27. The molecule has 1 aromatic carbocycles. The molecule has 0 fully saturated rings.